The Labute approximate surface area is 222 Å². The Bertz CT molecular complexity index is 1430. The van der Waals surface area contributed by atoms with Gasteiger partial charge in [0.15, 0.2) is 5.43 Å². The van der Waals surface area contributed by atoms with Crippen LogP contribution in [0.4, 0.5) is 13.2 Å². The van der Waals surface area contributed by atoms with Gasteiger partial charge < -0.3 is 24.3 Å². The molecule has 2 heterocycles. The van der Waals surface area contributed by atoms with E-state index in [0.29, 0.717) is 24.4 Å². The van der Waals surface area contributed by atoms with E-state index in [0.717, 1.165) is 25.0 Å². The molecular formula is C29H30F3NO6. The van der Waals surface area contributed by atoms with Crippen molar-refractivity contribution < 1.29 is 37.3 Å². The van der Waals surface area contributed by atoms with Crippen LogP contribution in [0.2, 0.25) is 0 Å². The van der Waals surface area contributed by atoms with Gasteiger partial charge in [-0.05, 0) is 44.3 Å². The first-order chi connectivity index (χ1) is 18.5. The van der Waals surface area contributed by atoms with E-state index in [9.17, 15) is 33.0 Å². The molecule has 208 valence electrons. The zero-order valence-corrected chi connectivity index (χ0v) is 21.5. The number of carbonyl (C=O) groups is 1. The zero-order valence-electron chi connectivity index (χ0n) is 21.5. The summed E-state index contributed by atoms with van der Waals surface area (Å²) in [6.45, 7) is 0.850. The summed E-state index contributed by atoms with van der Waals surface area (Å²) in [5.41, 5.74) is 0.898. The summed E-state index contributed by atoms with van der Waals surface area (Å²) < 4.78 is 49.5. The lowest BCUT2D eigenvalue weighted by Crippen LogP contribution is -2.40. The van der Waals surface area contributed by atoms with Gasteiger partial charge in [-0.3, -0.25) is 4.79 Å². The third-order valence-electron chi connectivity index (χ3n) is 7.84. The highest BCUT2D eigenvalue weighted by atomic mass is 19.4. The number of phenolic OH excluding ortho intramolecular Hbond substituents is 1. The summed E-state index contributed by atoms with van der Waals surface area (Å²) in [7, 11) is 1.83. The summed E-state index contributed by atoms with van der Waals surface area (Å²) >= 11 is 0. The van der Waals surface area contributed by atoms with Crippen molar-refractivity contribution in [2.45, 2.75) is 62.6 Å². The number of alkyl halides is 3. The summed E-state index contributed by atoms with van der Waals surface area (Å²) in [6, 6.07) is 9.56. The van der Waals surface area contributed by atoms with Crippen molar-refractivity contribution in [1.29, 1.82) is 0 Å². The van der Waals surface area contributed by atoms with Gasteiger partial charge in [-0.15, -0.1) is 0 Å². The number of rotatable bonds is 4. The first kappa shape index (κ1) is 27.2. The van der Waals surface area contributed by atoms with Crippen molar-refractivity contribution in [3.63, 3.8) is 0 Å². The van der Waals surface area contributed by atoms with E-state index in [1.165, 1.54) is 24.8 Å². The molecule has 1 aliphatic heterocycles. The molecular weight excluding hydrogens is 515 g/mol. The van der Waals surface area contributed by atoms with Crippen molar-refractivity contribution in [2.24, 2.45) is 0 Å². The zero-order chi connectivity index (χ0) is 27.9. The minimum absolute atomic E-state index is 0.0928. The van der Waals surface area contributed by atoms with Crippen LogP contribution in [-0.4, -0.2) is 53.5 Å². The second-order valence-electron chi connectivity index (χ2n) is 10.6. The number of nitrogens with zero attached hydrogens (tertiary/aromatic N) is 1. The summed E-state index contributed by atoms with van der Waals surface area (Å²) in [5.74, 6) is -3.88. The van der Waals surface area contributed by atoms with E-state index in [2.05, 4.69) is 4.74 Å². The minimum atomic E-state index is -5.31. The Kier molecular flexibility index (Phi) is 7.43. The van der Waals surface area contributed by atoms with Crippen molar-refractivity contribution in [3.8, 4) is 22.8 Å². The SMILES string of the molecule is CN1CC[C@H](c2c(O)cc(OC(=O)C(F)(F)F)c3c(=O)cc(-c4ccc(C5CCCCC5)cc4)oc23)[C@H](O)C1. The first-order valence-electron chi connectivity index (χ1n) is 13.1. The Morgan fingerprint density at radius 1 is 1.08 bits per heavy atom. The van der Waals surface area contributed by atoms with E-state index in [-0.39, 0.29) is 23.5 Å². The smallest absolute Gasteiger partial charge is 0.491 e. The molecule has 3 aromatic rings. The highest BCUT2D eigenvalue weighted by molar-refractivity contribution is 5.92. The molecule has 0 bridgehead atoms. The topological polar surface area (TPSA) is 100 Å². The van der Waals surface area contributed by atoms with Gasteiger partial charge in [-0.1, -0.05) is 43.5 Å². The number of ether oxygens (including phenoxy) is 1. The highest BCUT2D eigenvalue weighted by Gasteiger charge is 2.42. The molecule has 2 aromatic carbocycles. The van der Waals surface area contributed by atoms with Crippen LogP contribution < -0.4 is 10.2 Å². The first-order valence-corrected chi connectivity index (χ1v) is 13.1. The molecule has 1 saturated carbocycles. The number of likely N-dealkylation sites (N-methyl/N-ethyl adjacent to an activating group) is 1. The summed E-state index contributed by atoms with van der Waals surface area (Å²) in [5, 5.41) is 21.3. The quantitative estimate of drug-likeness (QED) is 0.332. The van der Waals surface area contributed by atoms with Gasteiger partial charge >= 0.3 is 12.1 Å². The molecule has 1 saturated heterocycles. The van der Waals surface area contributed by atoms with Gasteiger partial charge in [0.05, 0.1) is 6.10 Å². The number of aliphatic hydroxyl groups is 1. The van der Waals surface area contributed by atoms with E-state index >= 15 is 0 Å². The van der Waals surface area contributed by atoms with Crippen molar-refractivity contribution in [2.75, 3.05) is 20.1 Å². The normalized spacial score (nSPS) is 21.3. The van der Waals surface area contributed by atoms with E-state index in [1.807, 2.05) is 36.2 Å². The third kappa shape index (κ3) is 5.53. The van der Waals surface area contributed by atoms with Crippen LogP contribution in [0.3, 0.4) is 0 Å². The number of carbonyl (C=O) groups excluding carboxylic acids is 1. The maximum Gasteiger partial charge on any atom is 0.491 e. The van der Waals surface area contributed by atoms with Gasteiger partial charge in [0.2, 0.25) is 0 Å². The maximum atomic E-state index is 13.3. The van der Waals surface area contributed by atoms with Crippen molar-refractivity contribution in [3.05, 3.63) is 57.7 Å². The fourth-order valence-electron chi connectivity index (χ4n) is 5.83. The Balaban J connectivity index is 1.64. The second-order valence-corrected chi connectivity index (χ2v) is 10.6. The average molecular weight is 546 g/mol. The molecule has 5 rings (SSSR count). The lowest BCUT2D eigenvalue weighted by molar-refractivity contribution is -0.189. The predicted octanol–water partition coefficient (Wildman–Crippen LogP) is 5.46. The fraction of sp³-hybridized carbons (Fsp3) is 0.448. The molecule has 0 radical (unpaired) electrons. The molecule has 0 unspecified atom stereocenters. The number of fused-ring (bicyclic) bond motifs is 1. The molecule has 0 spiro atoms. The van der Waals surface area contributed by atoms with Crippen LogP contribution in [0.5, 0.6) is 11.5 Å². The number of phenols is 1. The molecule has 0 amide bonds. The monoisotopic (exact) mass is 545 g/mol. The minimum Gasteiger partial charge on any atom is -0.507 e. The van der Waals surface area contributed by atoms with Crippen LogP contribution in [0.1, 0.15) is 61.5 Å². The number of piperidine rings is 1. The number of esters is 1. The fourth-order valence-corrected chi connectivity index (χ4v) is 5.83. The number of β-amino-alcohol motifs (C(OH)–C–C–N with tert-alkyl or cyclic N) is 1. The largest absolute Gasteiger partial charge is 0.507 e. The molecule has 39 heavy (non-hydrogen) atoms. The number of aliphatic hydroxyl groups excluding tert-OH is 1. The van der Waals surface area contributed by atoms with Crippen molar-refractivity contribution in [1.82, 2.24) is 4.90 Å². The number of hydrogen-bond acceptors (Lipinski definition) is 7. The molecule has 2 atom stereocenters. The molecule has 2 N–H and O–H groups in total. The highest BCUT2D eigenvalue weighted by Crippen LogP contribution is 2.43. The van der Waals surface area contributed by atoms with Crippen LogP contribution >= 0.6 is 0 Å². The third-order valence-corrected chi connectivity index (χ3v) is 7.84. The molecule has 1 aromatic heterocycles. The van der Waals surface area contributed by atoms with Crippen molar-refractivity contribution >= 4 is 16.9 Å². The number of hydrogen-bond donors (Lipinski definition) is 2. The van der Waals surface area contributed by atoms with Gasteiger partial charge in [0, 0.05) is 35.7 Å². The van der Waals surface area contributed by atoms with E-state index in [1.54, 1.807) is 0 Å². The maximum absolute atomic E-state index is 13.3. The Morgan fingerprint density at radius 3 is 2.41 bits per heavy atom. The van der Waals surface area contributed by atoms with Gasteiger partial charge in [-0.25, -0.2) is 4.79 Å². The molecule has 1 aliphatic carbocycles. The van der Waals surface area contributed by atoms with Gasteiger partial charge in [-0.2, -0.15) is 13.2 Å². The molecule has 10 heteroatoms. The van der Waals surface area contributed by atoms with E-state index in [4.69, 9.17) is 4.42 Å². The lowest BCUT2D eigenvalue weighted by atomic mass is 9.84. The second kappa shape index (κ2) is 10.7. The summed E-state index contributed by atoms with van der Waals surface area (Å²) in [4.78, 5) is 26.9. The van der Waals surface area contributed by atoms with Crippen LogP contribution in [-0.2, 0) is 4.79 Å². The Hall–Kier alpha value is -3.37. The van der Waals surface area contributed by atoms with Gasteiger partial charge in [0.25, 0.3) is 0 Å². The number of benzene rings is 2. The van der Waals surface area contributed by atoms with Crippen LogP contribution in [0, 0.1) is 0 Å². The number of likely N-dealkylation sites (tertiary alicyclic amines) is 1. The molecule has 7 nitrogen and oxygen atoms in total. The molecule has 2 aliphatic rings. The number of aromatic hydroxyl groups is 1. The predicted molar refractivity (Wildman–Crippen MR) is 138 cm³/mol. The van der Waals surface area contributed by atoms with E-state index < -0.39 is 46.5 Å². The van der Waals surface area contributed by atoms with Gasteiger partial charge in [0.1, 0.15) is 28.2 Å². The molecule has 2 fully saturated rings. The number of halogens is 3. The van der Waals surface area contributed by atoms with Crippen LogP contribution in [0.15, 0.2) is 45.6 Å². The lowest BCUT2D eigenvalue weighted by Gasteiger charge is -2.34. The average Bonchev–Trinajstić information content (AvgIpc) is 2.89. The standard InChI is InChI=1S/C29H30F3NO6/c1-33-12-11-19(22(36)15-33)25-20(34)14-24(39-28(37)29(30,31)32)26-21(35)13-23(38-27(25)26)18-9-7-17(8-10-18)16-5-3-2-4-6-16/h7-10,13-14,16,19,22,34,36H,2-6,11-12,15H2,1H3/t19-,22+/m0/s1. The van der Waals surface area contributed by atoms with Crippen LogP contribution in [0.25, 0.3) is 22.3 Å². The Morgan fingerprint density at radius 2 is 1.77 bits per heavy atom. The summed E-state index contributed by atoms with van der Waals surface area (Å²) in [6.07, 6.45) is -0.0264.